The second kappa shape index (κ2) is 7.90. The number of hydrogen-bond donors (Lipinski definition) is 0. The average Bonchev–Trinajstić information content (AvgIpc) is 3.16. The molecular formula is C20H20F3NO5S. The van der Waals surface area contributed by atoms with Gasteiger partial charge in [-0.2, -0.15) is 13.2 Å². The topological polar surface area (TPSA) is 82.4 Å². The van der Waals surface area contributed by atoms with Gasteiger partial charge in [-0.15, -0.1) is 0 Å². The number of carbonyl (C=O) groups is 2. The van der Waals surface area contributed by atoms with Gasteiger partial charge >= 0.3 is 12.1 Å². The molecule has 3 rings (SSSR count). The van der Waals surface area contributed by atoms with Gasteiger partial charge in [0, 0.05) is 23.0 Å². The van der Waals surface area contributed by atoms with Crippen LogP contribution >= 0.6 is 0 Å². The number of aromatic nitrogens is 1. The maximum absolute atomic E-state index is 12.6. The molecule has 1 unspecified atom stereocenters. The number of nitrogens with zero attached hydrogens (tertiary/aromatic N) is 1. The molecule has 0 radical (unpaired) electrons. The molecule has 0 spiro atoms. The minimum Gasteiger partial charge on any atom is -0.454 e. The van der Waals surface area contributed by atoms with E-state index in [1.807, 2.05) is 4.57 Å². The lowest BCUT2D eigenvalue weighted by atomic mass is 10.1. The molecule has 1 aromatic heterocycles. The van der Waals surface area contributed by atoms with Crippen molar-refractivity contribution >= 4 is 21.6 Å². The number of benzene rings is 1. The van der Waals surface area contributed by atoms with E-state index >= 15 is 0 Å². The van der Waals surface area contributed by atoms with E-state index in [-0.39, 0.29) is 23.1 Å². The highest BCUT2D eigenvalue weighted by Gasteiger charge is 2.32. The van der Waals surface area contributed by atoms with E-state index in [1.54, 1.807) is 19.9 Å². The van der Waals surface area contributed by atoms with Crippen molar-refractivity contribution in [3.63, 3.8) is 0 Å². The average molecular weight is 443 g/mol. The van der Waals surface area contributed by atoms with Gasteiger partial charge in [-0.1, -0.05) is 0 Å². The van der Waals surface area contributed by atoms with Crippen LogP contribution in [-0.2, 0) is 20.8 Å². The first-order chi connectivity index (χ1) is 13.9. The zero-order valence-electron chi connectivity index (χ0n) is 16.3. The molecule has 1 atom stereocenters. The summed E-state index contributed by atoms with van der Waals surface area (Å²) in [5, 5.41) is 0. The number of halogens is 3. The van der Waals surface area contributed by atoms with Crippen LogP contribution in [0.3, 0.4) is 0 Å². The summed E-state index contributed by atoms with van der Waals surface area (Å²) >= 11 is 0. The third-order valence-electron chi connectivity index (χ3n) is 5.14. The van der Waals surface area contributed by atoms with E-state index in [4.69, 9.17) is 4.74 Å². The van der Waals surface area contributed by atoms with E-state index in [1.165, 1.54) is 0 Å². The van der Waals surface area contributed by atoms with Crippen LogP contribution in [0.2, 0.25) is 0 Å². The summed E-state index contributed by atoms with van der Waals surface area (Å²) < 4.78 is 68.1. The molecule has 1 fully saturated rings. The molecule has 0 bridgehead atoms. The van der Waals surface area contributed by atoms with Crippen molar-refractivity contribution in [1.29, 1.82) is 0 Å². The zero-order chi connectivity index (χ0) is 22.3. The highest BCUT2D eigenvalue weighted by molar-refractivity contribution is 7.91. The molecule has 2 aromatic rings. The summed E-state index contributed by atoms with van der Waals surface area (Å²) in [4.78, 5) is 24.6. The number of esters is 1. The van der Waals surface area contributed by atoms with Crippen molar-refractivity contribution in [2.24, 2.45) is 0 Å². The zero-order valence-corrected chi connectivity index (χ0v) is 17.1. The fourth-order valence-corrected chi connectivity index (χ4v) is 5.39. The van der Waals surface area contributed by atoms with Crippen molar-refractivity contribution < 1.29 is 35.9 Å². The Balaban J connectivity index is 1.68. The number of ether oxygens (including phenoxy) is 1. The van der Waals surface area contributed by atoms with Crippen LogP contribution < -0.4 is 0 Å². The molecule has 2 heterocycles. The first-order valence-electron chi connectivity index (χ1n) is 9.15. The predicted octanol–water partition coefficient (Wildman–Crippen LogP) is 3.52. The lowest BCUT2D eigenvalue weighted by molar-refractivity contribution is -0.137. The molecule has 0 saturated carbocycles. The summed E-state index contributed by atoms with van der Waals surface area (Å²) in [5.41, 5.74) is 0.642. The molecule has 0 N–H and O–H groups in total. The fourth-order valence-electron chi connectivity index (χ4n) is 3.69. The fraction of sp³-hybridized carbons (Fsp3) is 0.400. The van der Waals surface area contributed by atoms with Gasteiger partial charge in [-0.3, -0.25) is 4.79 Å². The predicted molar refractivity (Wildman–Crippen MR) is 102 cm³/mol. The van der Waals surface area contributed by atoms with E-state index in [0.29, 0.717) is 17.7 Å². The minimum atomic E-state index is -4.51. The molecule has 1 aromatic carbocycles. The monoisotopic (exact) mass is 443 g/mol. The first-order valence-corrected chi connectivity index (χ1v) is 11.0. The van der Waals surface area contributed by atoms with E-state index in [0.717, 1.165) is 30.0 Å². The lowest BCUT2D eigenvalue weighted by Gasteiger charge is -2.16. The molecule has 162 valence electrons. The van der Waals surface area contributed by atoms with Crippen LogP contribution in [0.4, 0.5) is 13.2 Å². The Morgan fingerprint density at radius 1 is 1.17 bits per heavy atom. The number of sulfone groups is 1. The Morgan fingerprint density at radius 3 is 2.33 bits per heavy atom. The SMILES string of the molecule is Cc1cc(C(=O)COC(=O)c2ccc(C(F)(F)F)cc2)c(C)n1C1CCS(=O)(=O)C1. The minimum absolute atomic E-state index is 0.0138. The van der Waals surface area contributed by atoms with Crippen molar-refractivity contribution in [2.75, 3.05) is 18.1 Å². The Labute approximate surface area is 171 Å². The molecule has 0 amide bonds. The maximum Gasteiger partial charge on any atom is 0.416 e. The number of aryl methyl sites for hydroxylation is 1. The van der Waals surface area contributed by atoms with Crippen LogP contribution in [0.15, 0.2) is 30.3 Å². The van der Waals surface area contributed by atoms with Gasteiger partial charge in [-0.05, 0) is 50.6 Å². The Hall–Kier alpha value is -2.62. The summed E-state index contributed by atoms with van der Waals surface area (Å²) in [6, 6.07) is 4.88. The lowest BCUT2D eigenvalue weighted by Crippen LogP contribution is -2.17. The van der Waals surface area contributed by atoms with E-state index in [9.17, 15) is 31.2 Å². The highest BCUT2D eigenvalue weighted by atomic mass is 32.2. The van der Waals surface area contributed by atoms with Gasteiger partial charge < -0.3 is 9.30 Å². The summed E-state index contributed by atoms with van der Waals surface area (Å²) in [6.07, 6.45) is -4.05. The second-order valence-corrected chi connectivity index (χ2v) is 9.51. The van der Waals surface area contributed by atoms with Crippen molar-refractivity contribution in [2.45, 2.75) is 32.5 Å². The largest absolute Gasteiger partial charge is 0.454 e. The quantitative estimate of drug-likeness (QED) is 0.522. The standard InChI is InChI=1S/C20H20F3NO5S/c1-12-9-17(13(2)24(12)16-7-8-30(27,28)11-16)18(25)10-29-19(26)14-3-5-15(6-4-14)20(21,22)23/h3-6,9,16H,7-8,10-11H2,1-2H3. The van der Waals surface area contributed by atoms with Crippen LogP contribution in [0, 0.1) is 13.8 Å². The molecule has 1 aliphatic heterocycles. The molecule has 0 aliphatic carbocycles. The van der Waals surface area contributed by atoms with Gasteiger partial charge in [0.05, 0.1) is 22.6 Å². The van der Waals surface area contributed by atoms with Crippen molar-refractivity contribution in [3.8, 4) is 0 Å². The van der Waals surface area contributed by atoms with Crippen molar-refractivity contribution in [1.82, 2.24) is 4.57 Å². The molecule has 1 saturated heterocycles. The molecular weight excluding hydrogens is 423 g/mol. The third kappa shape index (κ3) is 4.58. The third-order valence-corrected chi connectivity index (χ3v) is 6.89. The number of ketones is 1. The molecule has 1 aliphatic rings. The van der Waals surface area contributed by atoms with E-state index < -0.39 is 39.9 Å². The highest BCUT2D eigenvalue weighted by Crippen LogP contribution is 2.30. The first kappa shape index (κ1) is 22.1. The Morgan fingerprint density at radius 2 is 1.80 bits per heavy atom. The van der Waals surface area contributed by atoms with Gasteiger partial charge in [0.15, 0.2) is 16.4 Å². The Kier molecular flexibility index (Phi) is 5.81. The number of alkyl halides is 3. The molecule has 30 heavy (non-hydrogen) atoms. The number of carbonyl (C=O) groups excluding carboxylic acids is 2. The molecule has 10 heteroatoms. The smallest absolute Gasteiger partial charge is 0.416 e. The van der Waals surface area contributed by atoms with Gasteiger partial charge in [0.1, 0.15) is 0 Å². The van der Waals surface area contributed by atoms with Gasteiger partial charge in [-0.25, -0.2) is 13.2 Å². The number of Topliss-reactive ketones (excluding diaryl/α,β-unsaturated/α-hetero) is 1. The number of rotatable bonds is 5. The summed E-state index contributed by atoms with van der Waals surface area (Å²) in [7, 11) is -3.10. The normalized spacial score (nSPS) is 18.4. The van der Waals surface area contributed by atoms with Crippen LogP contribution in [-0.4, -0.2) is 42.9 Å². The Bertz CT molecular complexity index is 1080. The van der Waals surface area contributed by atoms with Crippen LogP contribution in [0.25, 0.3) is 0 Å². The molecule has 6 nitrogen and oxygen atoms in total. The van der Waals surface area contributed by atoms with Crippen LogP contribution in [0.1, 0.15) is 50.1 Å². The van der Waals surface area contributed by atoms with Gasteiger partial charge in [0.2, 0.25) is 5.78 Å². The summed E-state index contributed by atoms with van der Waals surface area (Å²) in [5.74, 6) is -1.27. The summed E-state index contributed by atoms with van der Waals surface area (Å²) in [6.45, 7) is 2.89. The van der Waals surface area contributed by atoms with Crippen LogP contribution in [0.5, 0.6) is 0 Å². The van der Waals surface area contributed by atoms with Gasteiger partial charge in [0.25, 0.3) is 0 Å². The second-order valence-electron chi connectivity index (χ2n) is 7.29. The maximum atomic E-state index is 12.6. The number of hydrogen-bond acceptors (Lipinski definition) is 5. The van der Waals surface area contributed by atoms with E-state index in [2.05, 4.69) is 0 Å². The van der Waals surface area contributed by atoms with Crippen molar-refractivity contribution in [3.05, 3.63) is 58.4 Å².